The number of nitrogens with zero attached hydrogens (tertiary/aromatic N) is 2. The second-order valence-electron chi connectivity index (χ2n) is 3.93. The largest absolute Gasteiger partial charge is 0.382 e. The first-order valence-corrected chi connectivity index (χ1v) is 4.99. The zero-order valence-electron chi connectivity index (χ0n) is 9.18. The quantitative estimate of drug-likeness (QED) is 0.840. The van der Waals surface area contributed by atoms with Crippen LogP contribution in [-0.4, -0.2) is 14.7 Å². The maximum atomic E-state index is 13.2. The molecule has 1 heterocycles. The summed E-state index contributed by atoms with van der Waals surface area (Å²) < 4.78 is 14.9. The molecule has 84 valence electrons. The molecule has 1 aromatic carbocycles. The van der Waals surface area contributed by atoms with Crippen LogP contribution in [0.2, 0.25) is 0 Å². The third kappa shape index (κ3) is 2.12. The fourth-order valence-electron chi connectivity index (χ4n) is 1.67. The summed E-state index contributed by atoms with van der Waals surface area (Å²) in [6, 6.07) is 4.50. The first kappa shape index (κ1) is 10.8. The first-order valence-electron chi connectivity index (χ1n) is 4.99. The second kappa shape index (κ2) is 4.06. The number of rotatable bonds is 2. The molecule has 1 N–H and O–H groups in total. The smallest absolute Gasteiger partial charge is 0.123 e. The SMILES string of the molecule is Cc1cc(F)cc(C(O)c2cn(C)cn2)c1. The predicted molar refractivity (Wildman–Crippen MR) is 58.4 cm³/mol. The number of halogens is 1. The molecule has 0 radical (unpaired) electrons. The van der Waals surface area contributed by atoms with Crippen LogP contribution in [0, 0.1) is 12.7 Å². The van der Waals surface area contributed by atoms with E-state index in [1.807, 2.05) is 7.05 Å². The van der Waals surface area contributed by atoms with Gasteiger partial charge in [-0.1, -0.05) is 6.07 Å². The van der Waals surface area contributed by atoms with Gasteiger partial charge in [0.1, 0.15) is 11.9 Å². The molecule has 2 rings (SSSR count). The lowest BCUT2D eigenvalue weighted by Gasteiger charge is -2.09. The van der Waals surface area contributed by atoms with Crippen LogP contribution in [0.25, 0.3) is 0 Å². The van der Waals surface area contributed by atoms with Crippen molar-refractivity contribution in [2.45, 2.75) is 13.0 Å². The fraction of sp³-hybridized carbons (Fsp3) is 0.250. The zero-order valence-corrected chi connectivity index (χ0v) is 9.18. The molecule has 3 nitrogen and oxygen atoms in total. The number of imidazole rings is 1. The average Bonchev–Trinajstić information content (AvgIpc) is 2.62. The molecular formula is C12H13FN2O. The summed E-state index contributed by atoms with van der Waals surface area (Å²) in [6.07, 6.45) is 2.44. The molecule has 0 saturated heterocycles. The predicted octanol–water partition coefficient (Wildman–Crippen LogP) is 1.95. The molecule has 0 aliphatic rings. The van der Waals surface area contributed by atoms with E-state index in [1.165, 1.54) is 12.1 Å². The molecular weight excluding hydrogens is 207 g/mol. The molecule has 1 aromatic heterocycles. The van der Waals surface area contributed by atoms with E-state index in [0.717, 1.165) is 5.56 Å². The van der Waals surface area contributed by atoms with E-state index in [2.05, 4.69) is 4.98 Å². The number of aryl methyl sites for hydroxylation is 2. The maximum absolute atomic E-state index is 13.2. The average molecular weight is 220 g/mol. The van der Waals surface area contributed by atoms with E-state index in [-0.39, 0.29) is 5.82 Å². The highest BCUT2D eigenvalue weighted by Gasteiger charge is 2.14. The minimum absolute atomic E-state index is 0.343. The molecule has 4 heteroatoms. The maximum Gasteiger partial charge on any atom is 0.123 e. The number of aromatic nitrogens is 2. The van der Waals surface area contributed by atoms with Crippen LogP contribution in [0.5, 0.6) is 0 Å². The molecule has 0 aliphatic heterocycles. The minimum atomic E-state index is -0.879. The fourth-order valence-corrected chi connectivity index (χ4v) is 1.67. The lowest BCUT2D eigenvalue weighted by atomic mass is 10.0. The van der Waals surface area contributed by atoms with E-state index in [1.54, 1.807) is 30.1 Å². The highest BCUT2D eigenvalue weighted by Crippen LogP contribution is 2.22. The van der Waals surface area contributed by atoms with Gasteiger partial charge in [-0.25, -0.2) is 9.37 Å². The standard InChI is InChI=1S/C12H13FN2O/c1-8-3-9(5-10(13)4-8)12(16)11-6-15(2)7-14-11/h3-7,12,16H,1-2H3. The molecule has 16 heavy (non-hydrogen) atoms. The van der Waals surface area contributed by atoms with Crippen LogP contribution in [0.4, 0.5) is 4.39 Å². The van der Waals surface area contributed by atoms with Crippen LogP contribution < -0.4 is 0 Å². The summed E-state index contributed by atoms with van der Waals surface area (Å²) in [4.78, 5) is 4.04. The van der Waals surface area contributed by atoms with Crippen LogP contribution in [0.1, 0.15) is 22.9 Å². The Labute approximate surface area is 93.2 Å². The lowest BCUT2D eigenvalue weighted by Crippen LogP contribution is -2.01. The Morgan fingerprint density at radius 3 is 2.69 bits per heavy atom. The Bertz CT molecular complexity index is 487. The number of benzene rings is 1. The molecule has 0 aliphatic carbocycles. The number of hydrogen-bond acceptors (Lipinski definition) is 2. The Balaban J connectivity index is 2.37. The van der Waals surface area contributed by atoms with Crippen molar-refractivity contribution < 1.29 is 9.50 Å². The first-order chi connectivity index (χ1) is 7.56. The zero-order chi connectivity index (χ0) is 11.7. The van der Waals surface area contributed by atoms with Crippen LogP contribution in [0.3, 0.4) is 0 Å². The second-order valence-corrected chi connectivity index (χ2v) is 3.93. The van der Waals surface area contributed by atoms with Gasteiger partial charge in [-0.15, -0.1) is 0 Å². The van der Waals surface area contributed by atoms with Crippen molar-refractivity contribution in [3.05, 3.63) is 53.4 Å². The van der Waals surface area contributed by atoms with Crippen molar-refractivity contribution >= 4 is 0 Å². The summed E-state index contributed by atoms with van der Waals surface area (Å²) in [6.45, 7) is 1.79. The molecule has 0 fully saturated rings. The number of aliphatic hydroxyl groups excluding tert-OH is 1. The molecule has 0 amide bonds. The molecule has 0 bridgehead atoms. The van der Waals surface area contributed by atoms with Crippen molar-refractivity contribution in [1.82, 2.24) is 9.55 Å². The van der Waals surface area contributed by atoms with Crippen molar-refractivity contribution in [3.8, 4) is 0 Å². The topological polar surface area (TPSA) is 38.0 Å². The van der Waals surface area contributed by atoms with Gasteiger partial charge in [-0.05, 0) is 30.2 Å². The van der Waals surface area contributed by atoms with Gasteiger partial charge in [0.05, 0.1) is 12.0 Å². The summed E-state index contributed by atoms with van der Waals surface area (Å²) in [7, 11) is 1.82. The molecule has 1 atom stereocenters. The van der Waals surface area contributed by atoms with Gasteiger partial charge in [0.15, 0.2) is 0 Å². The van der Waals surface area contributed by atoms with E-state index in [4.69, 9.17) is 0 Å². The van der Waals surface area contributed by atoms with Crippen molar-refractivity contribution in [2.24, 2.45) is 7.05 Å². The lowest BCUT2D eigenvalue weighted by molar-refractivity contribution is 0.215. The third-order valence-electron chi connectivity index (χ3n) is 2.39. The normalized spacial score (nSPS) is 12.8. The number of aliphatic hydroxyl groups is 1. The van der Waals surface area contributed by atoms with E-state index in [0.29, 0.717) is 11.3 Å². The molecule has 1 unspecified atom stereocenters. The third-order valence-corrected chi connectivity index (χ3v) is 2.39. The van der Waals surface area contributed by atoms with Gasteiger partial charge in [-0.2, -0.15) is 0 Å². The van der Waals surface area contributed by atoms with E-state index in [9.17, 15) is 9.50 Å². The summed E-state index contributed by atoms with van der Waals surface area (Å²) in [5.74, 6) is -0.343. The summed E-state index contributed by atoms with van der Waals surface area (Å²) >= 11 is 0. The monoisotopic (exact) mass is 220 g/mol. The highest BCUT2D eigenvalue weighted by atomic mass is 19.1. The molecule has 2 aromatic rings. The minimum Gasteiger partial charge on any atom is -0.382 e. The van der Waals surface area contributed by atoms with Crippen molar-refractivity contribution in [3.63, 3.8) is 0 Å². The van der Waals surface area contributed by atoms with Crippen molar-refractivity contribution in [2.75, 3.05) is 0 Å². The van der Waals surface area contributed by atoms with Gasteiger partial charge >= 0.3 is 0 Å². The van der Waals surface area contributed by atoms with Crippen LogP contribution in [-0.2, 0) is 7.05 Å². The van der Waals surface area contributed by atoms with E-state index < -0.39 is 6.10 Å². The Hall–Kier alpha value is -1.68. The Kier molecular flexibility index (Phi) is 2.75. The van der Waals surface area contributed by atoms with Crippen molar-refractivity contribution in [1.29, 1.82) is 0 Å². The highest BCUT2D eigenvalue weighted by molar-refractivity contribution is 5.29. The summed E-state index contributed by atoms with van der Waals surface area (Å²) in [5.41, 5.74) is 1.83. The molecule has 0 spiro atoms. The van der Waals surface area contributed by atoms with Crippen LogP contribution >= 0.6 is 0 Å². The Morgan fingerprint density at radius 2 is 2.12 bits per heavy atom. The number of hydrogen-bond donors (Lipinski definition) is 1. The van der Waals surface area contributed by atoms with E-state index >= 15 is 0 Å². The van der Waals surface area contributed by atoms with Gasteiger partial charge < -0.3 is 9.67 Å². The van der Waals surface area contributed by atoms with Gasteiger partial charge in [0.25, 0.3) is 0 Å². The van der Waals surface area contributed by atoms with Gasteiger partial charge in [0, 0.05) is 13.2 Å². The summed E-state index contributed by atoms with van der Waals surface area (Å²) in [5, 5.41) is 10.0. The van der Waals surface area contributed by atoms with Gasteiger partial charge in [-0.3, -0.25) is 0 Å². The Morgan fingerprint density at radius 1 is 1.38 bits per heavy atom. The van der Waals surface area contributed by atoms with Gasteiger partial charge in [0.2, 0.25) is 0 Å². The van der Waals surface area contributed by atoms with Crippen LogP contribution in [0.15, 0.2) is 30.7 Å². The molecule has 0 saturated carbocycles.